The molecule has 2 heterocycles. The molecule has 0 atom stereocenters. The molecule has 176 valence electrons. The lowest BCUT2D eigenvalue weighted by molar-refractivity contribution is -0.134. The van der Waals surface area contributed by atoms with Gasteiger partial charge in [-0.05, 0) is 68.1 Å². The van der Waals surface area contributed by atoms with Gasteiger partial charge in [-0.25, -0.2) is 4.98 Å². The first kappa shape index (κ1) is 23.3. The second-order valence-corrected chi connectivity index (χ2v) is 9.38. The molecule has 4 rings (SSSR count). The third-order valence-electron chi connectivity index (χ3n) is 6.57. The summed E-state index contributed by atoms with van der Waals surface area (Å²) in [5.74, 6) is 1.49. The summed E-state index contributed by atoms with van der Waals surface area (Å²) < 4.78 is 7.71. The van der Waals surface area contributed by atoms with Gasteiger partial charge >= 0.3 is 5.97 Å². The highest BCUT2D eigenvalue weighted by Crippen LogP contribution is 2.32. The lowest BCUT2D eigenvalue weighted by Gasteiger charge is -2.24. The van der Waals surface area contributed by atoms with E-state index in [1.165, 1.54) is 56.9 Å². The maximum Gasteiger partial charge on any atom is 0.311 e. The van der Waals surface area contributed by atoms with Gasteiger partial charge in [-0.15, -0.1) is 0 Å². The fourth-order valence-electron chi connectivity index (χ4n) is 4.66. The second-order valence-electron chi connectivity index (χ2n) is 9.38. The Bertz CT molecular complexity index is 1050. The van der Waals surface area contributed by atoms with Crippen molar-refractivity contribution in [2.45, 2.75) is 90.5 Å². The van der Waals surface area contributed by atoms with Gasteiger partial charge in [-0.1, -0.05) is 51.9 Å². The van der Waals surface area contributed by atoms with E-state index in [1.807, 2.05) is 24.3 Å². The molecule has 1 aliphatic carbocycles. The number of rotatable bonds is 10. The molecule has 33 heavy (non-hydrogen) atoms. The lowest BCUT2D eigenvalue weighted by Crippen LogP contribution is -2.23. The van der Waals surface area contributed by atoms with Crippen LogP contribution in [0.1, 0.15) is 83.1 Å². The van der Waals surface area contributed by atoms with E-state index in [4.69, 9.17) is 9.72 Å². The molecule has 1 aromatic carbocycles. The van der Waals surface area contributed by atoms with Crippen LogP contribution in [0.5, 0.6) is 5.75 Å². The topological polar surface area (TPSA) is 55.6 Å². The Kier molecular flexibility index (Phi) is 8.03. The van der Waals surface area contributed by atoms with Gasteiger partial charge in [0.05, 0.1) is 0 Å². The minimum Gasteiger partial charge on any atom is -0.427 e. The van der Waals surface area contributed by atoms with Crippen LogP contribution in [-0.2, 0) is 4.79 Å². The van der Waals surface area contributed by atoms with Gasteiger partial charge in [0.25, 0.3) is 0 Å². The minimum atomic E-state index is -0.151. The average molecular weight is 448 g/mol. The quantitative estimate of drug-likeness (QED) is 0.201. The summed E-state index contributed by atoms with van der Waals surface area (Å²) >= 11 is 0. The van der Waals surface area contributed by atoms with Crippen molar-refractivity contribution < 1.29 is 9.53 Å². The molecule has 3 aromatic rings. The van der Waals surface area contributed by atoms with E-state index < -0.39 is 0 Å². The molecule has 1 aliphatic rings. The van der Waals surface area contributed by atoms with Gasteiger partial charge < -0.3 is 10.1 Å². The molecular weight excluding hydrogens is 410 g/mol. The number of imidazole rings is 1. The van der Waals surface area contributed by atoms with Crippen LogP contribution in [0.2, 0.25) is 0 Å². The first-order valence-corrected chi connectivity index (χ1v) is 12.7. The standard InChI is InChI=1S/C28H37N3O2/c1-3-4-5-6-10-13-26(32)33-24-16-14-22(15-17-24)27-28(29-23-11-8-7-9-12-23)31-19-18-21(2)20-25(31)30-27/h14-20,23,29H,3-13H2,1-2H3. The maximum atomic E-state index is 12.2. The normalized spacial score (nSPS) is 14.5. The summed E-state index contributed by atoms with van der Waals surface area (Å²) in [5, 5.41) is 3.79. The molecule has 0 radical (unpaired) electrons. The van der Waals surface area contributed by atoms with E-state index in [2.05, 4.69) is 41.9 Å². The smallest absolute Gasteiger partial charge is 0.311 e. The monoisotopic (exact) mass is 447 g/mol. The molecule has 0 saturated heterocycles. The number of carbonyl (C=O) groups excluding carboxylic acids is 1. The third-order valence-corrected chi connectivity index (χ3v) is 6.57. The highest BCUT2D eigenvalue weighted by atomic mass is 16.5. The van der Waals surface area contributed by atoms with Crippen molar-refractivity contribution in [3.05, 3.63) is 48.2 Å². The van der Waals surface area contributed by atoms with E-state index in [-0.39, 0.29) is 5.97 Å². The number of anilines is 1. The number of fused-ring (bicyclic) bond motifs is 1. The largest absolute Gasteiger partial charge is 0.427 e. The van der Waals surface area contributed by atoms with Crippen LogP contribution in [0.3, 0.4) is 0 Å². The van der Waals surface area contributed by atoms with E-state index in [0.717, 1.165) is 35.6 Å². The number of hydrogen-bond donors (Lipinski definition) is 1. The highest BCUT2D eigenvalue weighted by molar-refractivity contribution is 5.78. The molecule has 0 bridgehead atoms. The first-order valence-electron chi connectivity index (χ1n) is 12.7. The zero-order valence-electron chi connectivity index (χ0n) is 20.1. The Morgan fingerprint density at radius 1 is 1.06 bits per heavy atom. The molecule has 0 spiro atoms. The Balaban J connectivity index is 1.48. The first-order chi connectivity index (χ1) is 16.1. The van der Waals surface area contributed by atoms with Crippen LogP contribution in [0.25, 0.3) is 16.9 Å². The van der Waals surface area contributed by atoms with Gasteiger partial charge in [-0.2, -0.15) is 0 Å². The van der Waals surface area contributed by atoms with Crippen molar-refractivity contribution in [2.75, 3.05) is 5.32 Å². The highest BCUT2D eigenvalue weighted by Gasteiger charge is 2.20. The van der Waals surface area contributed by atoms with Crippen LogP contribution in [0.4, 0.5) is 5.82 Å². The molecule has 2 aromatic heterocycles. The maximum absolute atomic E-state index is 12.2. The summed E-state index contributed by atoms with van der Waals surface area (Å²) in [7, 11) is 0. The molecule has 5 nitrogen and oxygen atoms in total. The van der Waals surface area contributed by atoms with E-state index >= 15 is 0 Å². The predicted molar refractivity (Wildman–Crippen MR) is 135 cm³/mol. The Hall–Kier alpha value is -2.82. The Morgan fingerprint density at radius 2 is 1.82 bits per heavy atom. The molecule has 1 N–H and O–H groups in total. The van der Waals surface area contributed by atoms with Crippen LogP contribution in [-0.4, -0.2) is 21.4 Å². The summed E-state index contributed by atoms with van der Waals surface area (Å²) in [6, 6.07) is 12.5. The van der Waals surface area contributed by atoms with Crippen molar-refractivity contribution in [1.29, 1.82) is 0 Å². The number of carbonyl (C=O) groups is 1. The van der Waals surface area contributed by atoms with Gasteiger partial charge in [0.1, 0.15) is 22.9 Å². The minimum absolute atomic E-state index is 0.151. The SMILES string of the molecule is CCCCCCCC(=O)Oc1ccc(-c2nc3cc(C)ccn3c2NC2CCCCC2)cc1. The molecule has 5 heteroatoms. The van der Waals surface area contributed by atoms with Gasteiger partial charge in [0, 0.05) is 24.2 Å². The molecule has 1 saturated carbocycles. The summed E-state index contributed by atoms with van der Waals surface area (Å²) in [6.07, 6.45) is 14.5. The van der Waals surface area contributed by atoms with Crippen molar-refractivity contribution in [2.24, 2.45) is 0 Å². The van der Waals surface area contributed by atoms with Gasteiger partial charge in [0.2, 0.25) is 0 Å². The molecular formula is C28H37N3O2. The van der Waals surface area contributed by atoms with Gasteiger partial charge in [-0.3, -0.25) is 9.20 Å². The van der Waals surface area contributed by atoms with Crippen LogP contribution in [0, 0.1) is 6.92 Å². The number of benzene rings is 1. The van der Waals surface area contributed by atoms with Crippen LogP contribution >= 0.6 is 0 Å². The molecule has 0 unspecified atom stereocenters. The van der Waals surface area contributed by atoms with Crippen molar-refractivity contribution in [3.63, 3.8) is 0 Å². The lowest BCUT2D eigenvalue weighted by atomic mass is 9.95. The molecule has 0 amide bonds. The Morgan fingerprint density at radius 3 is 2.58 bits per heavy atom. The number of unbranched alkanes of at least 4 members (excludes halogenated alkanes) is 4. The van der Waals surface area contributed by atoms with E-state index in [9.17, 15) is 4.79 Å². The van der Waals surface area contributed by atoms with Gasteiger partial charge in [0.15, 0.2) is 0 Å². The van der Waals surface area contributed by atoms with E-state index in [1.54, 1.807) is 0 Å². The molecule has 0 aliphatic heterocycles. The average Bonchev–Trinajstić information content (AvgIpc) is 3.17. The number of esters is 1. The molecule has 1 fully saturated rings. The number of pyridine rings is 1. The fourth-order valence-corrected chi connectivity index (χ4v) is 4.66. The number of hydrogen-bond acceptors (Lipinski definition) is 4. The number of nitrogens with one attached hydrogen (secondary N) is 1. The number of ether oxygens (including phenoxy) is 1. The summed E-state index contributed by atoms with van der Waals surface area (Å²) in [4.78, 5) is 17.1. The zero-order valence-corrected chi connectivity index (χ0v) is 20.1. The zero-order chi connectivity index (χ0) is 23.0. The number of nitrogens with zero attached hydrogens (tertiary/aromatic N) is 2. The summed E-state index contributed by atoms with van der Waals surface area (Å²) in [5.41, 5.74) is 4.11. The predicted octanol–water partition coefficient (Wildman–Crippen LogP) is 7.32. The third kappa shape index (κ3) is 6.16. The van der Waals surface area contributed by atoms with E-state index in [0.29, 0.717) is 18.2 Å². The Labute approximate surface area is 197 Å². The van der Waals surface area contributed by atoms with Crippen molar-refractivity contribution in [1.82, 2.24) is 9.38 Å². The fraction of sp³-hybridized carbons (Fsp3) is 0.500. The second kappa shape index (κ2) is 11.4. The van der Waals surface area contributed by atoms with Crippen LogP contribution < -0.4 is 10.1 Å². The summed E-state index contributed by atoms with van der Waals surface area (Å²) in [6.45, 7) is 4.29. The van der Waals surface area contributed by atoms with Crippen molar-refractivity contribution in [3.8, 4) is 17.0 Å². The number of aromatic nitrogens is 2. The van der Waals surface area contributed by atoms with Crippen molar-refractivity contribution >= 4 is 17.4 Å². The number of aryl methyl sites for hydroxylation is 1. The van der Waals surface area contributed by atoms with Crippen LogP contribution in [0.15, 0.2) is 42.6 Å².